The molecule has 0 bridgehead atoms. The Hall–Kier alpha value is -1.70. The van der Waals surface area contributed by atoms with Crippen LogP contribution in [0.5, 0.6) is 0 Å². The first-order valence-electron chi connectivity index (χ1n) is 8.78. The molecule has 0 aliphatic carbocycles. The number of thioether (sulfide) groups is 1. The molecule has 0 saturated carbocycles. The lowest BCUT2D eigenvalue weighted by atomic mass is 9.86. The van der Waals surface area contributed by atoms with Crippen LogP contribution in [-0.2, 0) is 11.8 Å². The molecule has 3 aromatic rings. The van der Waals surface area contributed by atoms with Crippen LogP contribution in [0.1, 0.15) is 41.6 Å². The summed E-state index contributed by atoms with van der Waals surface area (Å²) in [5.41, 5.74) is 2.07. The van der Waals surface area contributed by atoms with Gasteiger partial charge in [0.2, 0.25) is 5.13 Å². The summed E-state index contributed by atoms with van der Waals surface area (Å²) in [6.45, 7) is 7.34. The van der Waals surface area contributed by atoms with Crippen molar-refractivity contribution in [1.29, 1.82) is 0 Å². The summed E-state index contributed by atoms with van der Waals surface area (Å²) in [7, 11) is 0. The molecule has 142 valence electrons. The van der Waals surface area contributed by atoms with Gasteiger partial charge in [-0.25, -0.2) is 0 Å². The van der Waals surface area contributed by atoms with Gasteiger partial charge >= 0.3 is 0 Å². The van der Waals surface area contributed by atoms with Gasteiger partial charge in [0.1, 0.15) is 0 Å². The van der Waals surface area contributed by atoms with Crippen molar-refractivity contribution in [2.45, 2.75) is 36.9 Å². The highest BCUT2D eigenvalue weighted by molar-refractivity contribution is 8.01. The van der Waals surface area contributed by atoms with Crippen LogP contribution in [0.2, 0.25) is 0 Å². The predicted octanol–water partition coefficient (Wildman–Crippen LogP) is 5.53. The number of nitrogens with zero attached hydrogens (tertiary/aromatic N) is 2. The Kier molecular flexibility index (Phi) is 6.68. The summed E-state index contributed by atoms with van der Waals surface area (Å²) in [4.78, 5) is 13.8. The number of carbonyl (C=O) groups is 1. The Morgan fingerprint density at radius 1 is 1.15 bits per heavy atom. The summed E-state index contributed by atoms with van der Waals surface area (Å²) in [6.07, 6.45) is 0.975. The lowest BCUT2D eigenvalue weighted by Gasteiger charge is -2.18. The quantitative estimate of drug-likeness (QED) is 0.386. The van der Waals surface area contributed by atoms with Gasteiger partial charge < -0.3 is 5.32 Å². The highest BCUT2D eigenvalue weighted by Crippen LogP contribution is 2.27. The molecule has 7 heteroatoms. The molecule has 0 aliphatic rings. The monoisotopic (exact) mass is 417 g/mol. The molecule has 0 atom stereocenters. The van der Waals surface area contributed by atoms with Crippen LogP contribution in [0.25, 0.3) is 0 Å². The number of thiophene rings is 1. The number of carbonyl (C=O) groups excluding carboxylic acids is 1. The highest BCUT2D eigenvalue weighted by Gasteiger charge is 2.15. The minimum absolute atomic E-state index is 0.0930. The second-order valence-corrected chi connectivity index (χ2v) is 10.4. The van der Waals surface area contributed by atoms with E-state index in [1.54, 1.807) is 11.3 Å². The summed E-state index contributed by atoms with van der Waals surface area (Å²) >= 11 is 4.70. The van der Waals surface area contributed by atoms with E-state index in [0.717, 1.165) is 28.0 Å². The van der Waals surface area contributed by atoms with Crippen molar-refractivity contribution in [2.75, 3.05) is 17.6 Å². The van der Waals surface area contributed by atoms with E-state index in [1.165, 1.54) is 33.5 Å². The molecule has 0 unspecified atom stereocenters. The lowest BCUT2D eigenvalue weighted by molar-refractivity contribution is 0.102. The molecule has 0 radical (unpaired) electrons. The van der Waals surface area contributed by atoms with E-state index in [-0.39, 0.29) is 11.2 Å². The molecule has 0 saturated heterocycles. The van der Waals surface area contributed by atoms with Crippen LogP contribution in [0, 0.1) is 0 Å². The molecule has 1 aromatic carbocycles. The maximum absolute atomic E-state index is 12.4. The molecule has 3 rings (SSSR count). The third-order valence-electron chi connectivity index (χ3n) is 4.03. The van der Waals surface area contributed by atoms with Gasteiger partial charge in [0.05, 0.1) is 5.75 Å². The Morgan fingerprint density at radius 2 is 1.93 bits per heavy atom. The summed E-state index contributed by atoms with van der Waals surface area (Å²) in [5, 5.41) is 14.5. The Balaban J connectivity index is 1.47. The summed E-state index contributed by atoms with van der Waals surface area (Å²) in [6, 6.07) is 12.1. The van der Waals surface area contributed by atoms with Gasteiger partial charge in [-0.05, 0) is 28.8 Å². The molecule has 0 aliphatic heterocycles. The number of anilines is 1. The molecule has 0 fully saturated rings. The Morgan fingerprint density at radius 3 is 2.59 bits per heavy atom. The van der Waals surface area contributed by atoms with Crippen LogP contribution in [-0.4, -0.2) is 28.3 Å². The van der Waals surface area contributed by atoms with Crippen molar-refractivity contribution in [1.82, 2.24) is 10.2 Å². The van der Waals surface area contributed by atoms with Crippen molar-refractivity contribution in [3.8, 4) is 0 Å². The average molecular weight is 418 g/mol. The Labute approximate surface area is 172 Å². The molecule has 27 heavy (non-hydrogen) atoms. The fourth-order valence-electron chi connectivity index (χ4n) is 2.45. The second-order valence-electron chi connectivity index (χ2n) is 7.17. The van der Waals surface area contributed by atoms with E-state index in [1.807, 2.05) is 24.3 Å². The number of hydrogen-bond acceptors (Lipinski definition) is 7. The van der Waals surface area contributed by atoms with Gasteiger partial charge in [0.25, 0.3) is 0 Å². The van der Waals surface area contributed by atoms with Crippen LogP contribution in [0.4, 0.5) is 5.13 Å². The normalized spacial score (nSPS) is 11.5. The van der Waals surface area contributed by atoms with E-state index in [2.05, 4.69) is 53.8 Å². The largest absolute Gasteiger partial charge is 0.360 e. The predicted molar refractivity (Wildman–Crippen MR) is 117 cm³/mol. The molecule has 1 N–H and O–H groups in total. The topological polar surface area (TPSA) is 54.9 Å². The zero-order valence-corrected chi connectivity index (χ0v) is 18.1. The zero-order valence-electron chi connectivity index (χ0n) is 15.7. The van der Waals surface area contributed by atoms with Crippen molar-refractivity contribution in [2.24, 2.45) is 0 Å². The van der Waals surface area contributed by atoms with Crippen LogP contribution < -0.4 is 5.32 Å². The fourth-order valence-corrected chi connectivity index (χ4v) is 4.83. The third-order valence-corrected chi connectivity index (χ3v) is 6.98. The number of hydrogen-bond donors (Lipinski definition) is 1. The standard InChI is InChI=1S/C20H23N3OS3/c1-20(2,3)15-8-6-14(7-9-15)17(24)13-26-19-23-22-18(27-19)21-11-10-16-5-4-12-25-16/h4-9,12H,10-11,13H2,1-3H3,(H,21,22). The number of nitrogens with one attached hydrogen (secondary N) is 1. The van der Waals surface area contributed by atoms with Crippen molar-refractivity contribution in [3.63, 3.8) is 0 Å². The number of benzene rings is 1. The van der Waals surface area contributed by atoms with Gasteiger partial charge in [-0.1, -0.05) is 74.2 Å². The maximum atomic E-state index is 12.4. The van der Waals surface area contributed by atoms with Gasteiger partial charge in [0.15, 0.2) is 10.1 Å². The minimum Gasteiger partial charge on any atom is -0.360 e. The SMILES string of the molecule is CC(C)(C)c1ccc(C(=O)CSc2nnc(NCCc3cccs3)s2)cc1. The van der Waals surface area contributed by atoms with Gasteiger partial charge in [-0.15, -0.1) is 21.5 Å². The second kappa shape index (κ2) is 8.99. The van der Waals surface area contributed by atoms with Crippen molar-refractivity contribution >= 4 is 45.4 Å². The number of aromatic nitrogens is 2. The third kappa shape index (κ3) is 5.89. The smallest absolute Gasteiger partial charge is 0.206 e. The van der Waals surface area contributed by atoms with Gasteiger partial charge in [-0.2, -0.15) is 0 Å². The fraction of sp³-hybridized carbons (Fsp3) is 0.350. The molecular formula is C20H23N3OS3. The zero-order chi connectivity index (χ0) is 19.3. The van der Waals surface area contributed by atoms with Crippen molar-refractivity contribution in [3.05, 3.63) is 57.8 Å². The van der Waals surface area contributed by atoms with Crippen LogP contribution in [0.15, 0.2) is 46.1 Å². The number of rotatable bonds is 8. The minimum atomic E-state index is 0.0930. The van der Waals surface area contributed by atoms with Crippen molar-refractivity contribution < 1.29 is 4.79 Å². The first-order chi connectivity index (χ1) is 12.9. The Bertz CT molecular complexity index is 865. The molecule has 4 nitrogen and oxygen atoms in total. The molecule has 2 aromatic heterocycles. The van der Waals surface area contributed by atoms with Crippen LogP contribution >= 0.6 is 34.4 Å². The average Bonchev–Trinajstić information content (AvgIpc) is 3.31. The van der Waals surface area contributed by atoms with E-state index < -0.39 is 0 Å². The lowest BCUT2D eigenvalue weighted by Crippen LogP contribution is -2.11. The molecule has 0 spiro atoms. The molecule has 2 heterocycles. The van der Waals surface area contributed by atoms with E-state index in [9.17, 15) is 4.79 Å². The van der Waals surface area contributed by atoms with Gasteiger partial charge in [-0.3, -0.25) is 4.79 Å². The molecular weight excluding hydrogens is 394 g/mol. The number of Topliss-reactive ketones (excluding diaryl/α,β-unsaturated/α-hetero) is 1. The maximum Gasteiger partial charge on any atom is 0.206 e. The van der Waals surface area contributed by atoms with E-state index >= 15 is 0 Å². The summed E-state index contributed by atoms with van der Waals surface area (Å²) < 4.78 is 0.813. The van der Waals surface area contributed by atoms with Crippen LogP contribution in [0.3, 0.4) is 0 Å². The highest BCUT2D eigenvalue weighted by atomic mass is 32.2. The first-order valence-corrected chi connectivity index (χ1v) is 11.5. The first kappa shape index (κ1) is 20.0. The van der Waals surface area contributed by atoms with Gasteiger partial charge in [0, 0.05) is 17.0 Å². The summed E-state index contributed by atoms with van der Waals surface area (Å²) in [5.74, 6) is 0.487. The van der Waals surface area contributed by atoms with E-state index in [0.29, 0.717) is 5.75 Å². The van der Waals surface area contributed by atoms with E-state index in [4.69, 9.17) is 0 Å². The molecule has 0 amide bonds. The number of ketones is 1.